The van der Waals surface area contributed by atoms with Crippen molar-refractivity contribution in [1.29, 1.82) is 0 Å². The largest absolute Gasteiger partial charge is 0.461 e. The molecular weight excluding hydrogens is 340 g/mol. The van der Waals surface area contributed by atoms with Gasteiger partial charge in [-0.2, -0.15) is 0 Å². The van der Waals surface area contributed by atoms with Crippen LogP contribution in [0.4, 0.5) is 5.69 Å². The van der Waals surface area contributed by atoms with Crippen LogP contribution in [0.2, 0.25) is 0 Å². The molecule has 0 aliphatic rings. The number of aromatic amines is 1. The first-order valence-corrected chi connectivity index (χ1v) is 8.21. The molecule has 0 saturated heterocycles. The summed E-state index contributed by atoms with van der Waals surface area (Å²) in [5, 5.41) is 2.68. The van der Waals surface area contributed by atoms with Crippen molar-refractivity contribution in [3.63, 3.8) is 0 Å². The Morgan fingerprint density at radius 3 is 2.60 bits per heavy atom. The highest BCUT2D eigenvalue weighted by Gasteiger charge is 2.05. The third-order valence-corrected chi connectivity index (χ3v) is 4.20. The standard InChI is InChI=1S/C18H14N2O4S/c1-11(21)19-13-6-4-12(5-7-13)9-16-18(23)20-17(25-16)10-14(22)15-3-2-8-24-15/h2-10H,1H3,(H,19,21)(H,20,23)/b16-9-,17-10-. The van der Waals surface area contributed by atoms with Crippen molar-refractivity contribution in [1.82, 2.24) is 4.98 Å². The number of benzene rings is 1. The van der Waals surface area contributed by atoms with E-state index in [0.29, 0.717) is 14.9 Å². The molecule has 25 heavy (non-hydrogen) atoms. The Labute approximate surface area is 146 Å². The van der Waals surface area contributed by atoms with E-state index >= 15 is 0 Å². The summed E-state index contributed by atoms with van der Waals surface area (Å²) in [7, 11) is 0. The predicted molar refractivity (Wildman–Crippen MR) is 96.0 cm³/mol. The second-order valence-corrected chi connectivity index (χ2v) is 6.30. The Morgan fingerprint density at radius 2 is 1.96 bits per heavy atom. The van der Waals surface area contributed by atoms with Gasteiger partial charge < -0.3 is 14.7 Å². The Kier molecular flexibility index (Phi) is 4.76. The lowest BCUT2D eigenvalue weighted by Gasteiger charge is -2.01. The molecule has 6 nitrogen and oxygen atoms in total. The molecule has 126 valence electrons. The van der Waals surface area contributed by atoms with Crippen molar-refractivity contribution >= 4 is 40.9 Å². The molecule has 3 aromatic rings. The van der Waals surface area contributed by atoms with Crippen molar-refractivity contribution < 1.29 is 14.0 Å². The van der Waals surface area contributed by atoms with Gasteiger partial charge in [0.2, 0.25) is 11.7 Å². The van der Waals surface area contributed by atoms with Crippen molar-refractivity contribution in [2.45, 2.75) is 6.92 Å². The van der Waals surface area contributed by atoms with E-state index in [4.69, 9.17) is 4.42 Å². The number of anilines is 1. The molecule has 1 amide bonds. The third-order valence-electron chi connectivity index (χ3n) is 3.24. The molecule has 0 unspecified atom stereocenters. The summed E-state index contributed by atoms with van der Waals surface area (Å²) in [6, 6.07) is 10.3. The average Bonchev–Trinajstić information content (AvgIpc) is 3.19. The van der Waals surface area contributed by atoms with Gasteiger partial charge in [-0.1, -0.05) is 12.1 Å². The predicted octanol–water partition coefficient (Wildman–Crippen LogP) is 1.48. The fraction of sp³-hybridized carbons (Fsp3) is 0.0556. The monoisotopic (exact) mass is 354 g/mol. The molecule has 0 spiro atoms. The fourth-order valence-electron chi connectivity index (χ4n) is 2.15. The minimum Gasteiger partial charge on any atom is -0.461 e. The number of carbonyl (C=O) groups is 2. The molecule has 2 aromatic heterocycles. The molecule has 1 aromatic carbocycles. The van der Waals surface area contributed by atoms with Gasteiger partial charge in [0.15, 0.2) is 5.76 Å². The summed E-state index contributed by atoms with van der Waals surface area (Å²) in [6.45, 7) is 1.44. The molecule has 2 N–H and O–H groups in total. The highest BCUT2D eigenvalue weighted by molar-refractivity contribution is 7.07. The van der Waals surface area contributed by atoms with Gasteiger partial charge in [-0.25, -0.2) is 0 Å². The number of carbonyl (C=O) groups excluding carboxylic acids is 2. The number of rotatable bonds is 4. The minimum absolute atomic E-state index is 0.146. The van der Waals surface area contributed by atoms with E-state index < -0.39 is 0 Å². The molecule has 0 bridgehead atoms. The smallest absolute Gasteiger partial charge is 0.266 e. The summed E-state index contributed by atoms with van der Waals surface area (Å²) in [6.07, 6.45) is 4.47. The van der Waals surface area contributed by atoms with Gasteiger partial charge in [-0.3, -0.25) is 14.4 Å². The van der Waals surface area contributed by atoms with Crippen molar-refractivity contribution in [3.8, 4) is 0 Å². The van der Waals surface area contributed by atoms with Gasteiger partial charge in [0.25, 0.3) is 5.56 Å². The van der Waals surface area contributed by atoms with Gasteiger partial charge in [-0.15, -0.1) is 11.3 Å². The average molecular weight is 354 g/mol. The van der Waals surface area contributed by atoms with Crippen LogP contribution in [0.15, 0.2) is 51.9 Å². The molecule has 0 aliphatic carbocycles. The van der Waals surface area contributed by atoms with E-state index in [-0.39, 0.29) is 23.0 Å². The number of thiazole rings is 1. The maximum absolute atomic E-state index is 12.0. The fourth-order valence-corrected chi connectivity index (χ4v) is 3.04. The van der Waals surface area contributed by atoms with Crippen LogP contribution >= 0.6 is 11.3 Å². The number of hydrogen-bond acceptors (Lipinski definition) is 5. The first kappa shape index (κ1) is 16.7. The quantitative estimate of drug-likeness (QED) is 0.694. The van der Waals surface area contributed by atoms with Crippen LogP contribution < -0.4 is 20.1 Å². The van der Waals surface area contributed by atoms with E-state index in [1.54, 1.807) is 42.5 Å². The van der Waals surface area contributed by atoms with E-state index in [2.05, 4.69) is 10.3 Å². The molecule has 3 rings (SSSR count). The number of H-pyrrole nitrogens is 1. The molecule has 7 heteroatoms. The normalized spacial score (nSPS) is 12.4. The molecule has 0 fully saturated rings. The van der Waals surface area contributed by atoms with Crippen molar-refractivity contribution in [2.24, 2.45) is 0 Å². The molecule has 0 aliphatic heterocycles. The molecule has 0 radical (unpaired) electrons. The zero-order valence-corrected chi connectivity index (χ0v) is 14.1. The summed E-state index contributed by atoms with van der Waals surface area (Å²) >= 11 is 1.18. The van der Waals surface area contributed by atoms with Crippen LogP contribution in [0.1, 0.15) is 23.0 Å². The van der Waals surface area contributed by atoms with Gasteiger partial charge in [0, 0.05) is 18.7 Å². The zero-order chi connectivity index (χ0) is 17.8. The van der Waals surface area contributed by atoms with Gasteiger partial charge in [0.1, 0.15) is 0 Å². The van der Waals surface area contributed by atoms with Crippen LogP contribution in [0.5, 0.6) is 0 Å². The number of hydrogen-bond donors (Lipinski definition) is 2. The van der Waals surface area contributed by atoms with E-state index in [9.17, 15) is 14.4 Å². The molecule has 0 saturated carbocycles. The summed E-state index contributed by atoms with van der Waals surface area (Å²) in [5.74, 6) is -0.241. The van der Waals surface area contributed by atoms with Crippen molar-refractivity contribution in [3.05, 3.63) is 73.5 Å². The maximum atomic E-state index is 12.0. The zero-order valence-electron chi connectivity index (χ0n) is 13.2. The minimum atomic E-state index is -0.311. The Bertz CT molecular complexity index is 1070. The summed E-state index contributed by atoms with van der Waals surface area (Å²) < 4.78 is 5.96. The number of furan rings is 1. The summed E-state index contributed by atoms with van der Waals surface area (Å²) in [4.78, 5) is 37.7. The lowest BCUT2D eigenvalue weighted by molar-refractivity contribution is -0.114. The summed E-state index contributed by atoms with van der Waals surface area (Å²) in [5.41, 5.74) is 1.22. The highest BCUT2D eigenvalue weighted by Crippen LogP contribution is 2.09. The van der Waals surface area contributed by atoms with Crippen LogP contribution in [0.25, 0.3) is 12.2 Å². The Morgan fingerprint density at radius 1 is 1.20 bits per heavy atom. The number of amides is 1. The number of aromatic nitrogens is 1. The molecule has 2 heterocycles. The van der Waals surface area contributed by atoms with Gasteiger partial charge >= 0.3 is 0 Å². The second kappa shape index (κ2) is 7.14. The van der Waals surface area contributed by atoms with Crippen LogP contribution in [0.3, 0.4) is 0 Å². The van der Waals surface area contributed by atoms with E-state index in [0.717, 1.165) is 5.56 Å². The topological polar surface area (TPSA) is 92.2 Å². The number of ketones is 1. The molecule has 0 atom stereocenters. The Hall–Kier alpha value is -3.19. The van der Waals surface area contributed by atoms with E-state index in [1.807, 2.05) is 0 Å². The first-order valence-electron chi connectivity index (χ1n) is 7.39. The SMILES string of the molecule is CC(=O)Nc1ccc(/C=c2\s/c(=C\C(=O)c3ccco3)[nH]c2=O)cc1. The van der Waals surface area contributed by atoms with E-state index in [1.165, 1.54) is 30.6 Å². The Balaban J connectivity index is 1.89. The second-order valence-electron chi connectivity index (χ2n) is 5.22. The lowest BCUT2D eigenvalue weighted by Crippen LogP contribution is -2.20. The van der Waals surface area contributed by atoms with Crippen LogP contribution in [-0.2, 0) is 4.79 Å². The number of Topliss-reactive ketones (excluding diaryl/α,β-unsaturated/α-hetero) is 1. The first-order chi connectivity index (χ1) is 12.0. The molecular formula is C18H14N2O4S. The van der Waals surface area contributed by atoms with Gasteiger partial charge in [-0.05, 0) is 35.9 Å². The number of nitrogens with one attached hydrogen (secondary N) is 2. The third kappa shape index (κ3) is 4.21. The maximum Gasteiger partial charge on any atom is 0.266 e. The van der Waals surface area contributed by atoms with Gasteiger partial charge in [0.05, 0.1) is 15.5 Å². The van der Waals surface area contributed by atoms with Crippen LogP contribution in [0, 0.1) is 0 Å². The lowest BCUT2D eigenvalue weighted by atomic mass is 10.2. The highest BCUT2D eigenvalue weighted by atomic mass is 32.1. The van der Waals surface area contributed by atoms with Crippen molar-refractivity contribution in [2.75, 3.05) is 5.32 Å². The van der Waals surface area contributed by atoms with Crippen LogP contribution in [-0.4, -0.2) is 16.7 Å².